The molecule has 2 N–H and O–H groups in total. The Labute approximate surface area is 111 Å². The maximum atomic E-state index is 12.4. The van der Waals surface area contributed by atoms with Crippen molar-refractivity contribution in [2.75, 3.05) is 33.0 Å². The lowest BCUT2D eigenvalue weighted by Crippen LogP contribution is -2.30. The van der Waals surface area contributed by atoms with E-state index in [1.807, 2.05) is 0 Å². The van der Waals surface area contributed by atoms with Gasteiger partial charge in [-0.15, -0.1) is 0 Å². The van der Waals surface area contributed by atoms with Crippen LogP contribution in [0.5, 0.6) is 0 Å². The lowest BCUT2D eigenvalue weighted by atomic mass is 10.3. The molecule has 2 rings (SSSR count). The summed E-state index contributed by atoms with van der Waals surface area (Å²) in [6.45, 7) is 0.476. The number of methoxy groups -OCH3 is 2. The SMILES string of the molecule is COC1CN(S(=O)(=O)c2cnc(N)nc2)CC1OC. The van der Waals surface area contributed by atoms with Crippen LogP contribution in [-0.2, 0) is 19.5 Å². The van der Waals surface area contributed by atoms with E-state index in [9.17, 15) is 8.42 Å². The Balaban J connectivity index is 2.24. The van der Waals surface area contributed by atoms with Crippen molar-refractivity contribution in [3.05, 3.63) is 12.4 Å². The summed E-state index contributed by atoms with van der Waals surface area (Å²) in [5, 5.41) is 0. The van der Waals surface area contributed by atoms with Gasteiger partial charge < -0.3 is 15.2 Å². The Hall–Kier alpha value is -1.29. The van der Waals surface area contributed by atoms with Gasteiger partial charge in [0, 0.05) is 27.3 Å². The van der Waals surface area contributed by atoms with Crippen molar-refractivity contribution in [3.63, 3.8) is 0 Å². The van der Waals surface area contributed by atoms with Gasteiger partial charge in [-0.1, -0.05) is 0 Å². The molecule has 9 heteroatoms. The Morgan fingerprint density at radius 1 is 1.21 bits per heavy atom. The molecule has 0 bridgehead atoms. The molecule has 1 saturated heterocycles. The van der Waals surface area contributed by atoms with Crippen LogP contribution >= 0.6 is 0 Å². The molecule has 1 aromatic heterocycles. The zero-order chi connectivity index (χ0) is 14.0. The molecule has 0 spiro atoms. The summed E-state index contributed by atoms with van der Waals surface area (Å²) < 4.78 is 36.4. The van der Waals surface area contributed by atoms with Crippen molar-refractivity contribution in [1.29, 1.82) is 0 Å². The number of anilines is 1. The average Bonchev–Trinajstić information content (AvgIpc) is 2.83. The van der Waals surface area contributed by atoms with E-state index >= 15 is 0 Å². The molecule has 2 heterocycles. The zero-order valence-electron chi connectivity index (χ0n) is 10.7. The van der Waals surface area contributed by atoms with Crippen molar-refractivity contribution >= 4 is 16.0 Å². The van der Waals surface area contributed by atoms with Crippen LogP contribution in [-0.4, -0.2) is 62.2 Å². The van der Waals surface area contributed by atoms with Gasteiger partial charge in [-0.25, -0.2) is 18.4 Å². The number of aromatic nitrogens is 2. The van der Waals surface area contributed by atoms with Crippen LogP contribution in [0.4, 0.5) is 5.95 Å². The number of rotatable bonds is 4. The van der Waals surface area contributed by atoms with Crippen molar-refractivity contribution in [1.82, 2.24) is 14.3 Å². The topological polar surface area (TPSA) is 108 Å². The van der Waals surface area contributed by atoms with Gasteiger partial charge in [0.2, 0.25) is 16.0 Å². The highest BCUT2D eigenvalue weighted by atomic mass is 32.2. The maximum Gasteiger partial charge on any atom is 0.246 e. The fourth-order valence-electron chi connectivity index (χ4n) is 1.97. The zero-order valence-corrected chi connectivity index (χ0v) is 11.5. The molecular weight excluding hydrogens is 272 g/mol. The Bertz CT molecular complexity index is 521. The molecule has 8 nitrogen and oxygen atoms in total. The number of nitrogens with zero attached hydrogens (tertiary/aromatic N) is 3. The number of hydrogen-bond acceptors (Lipinski definition) is 7. The van der Waals surface area contributed by atoms with Crippen LogP contribution in [0.3, 0.4) is 0 Å². The van der Waals surface area contributed by atoms with Crippen molar-refractivity contribution in [2.24, 2.45) is 0 Å². The summed E-state index contributed by atoms with van der Waals surface area (Å²) in [6.07, 6.45) is 1.82. The molecule has 0 radical (unpaired) electrons. The average molecular weight is 288 g/mol. The molecule has 1 aliphatic rings. The maximum absolute atomic E-state index is 12.4. The lowest BCUT2D eigenvalue weighted by Gasteiger charge is -2.15. The first-order valence-corrected chi connectivity index (χ1v) is 7.06. The first kappa shape index (κ1) is 14.1. The monoisotopic (exact) mass is 288 g/mol. The van der Waals surface area contributed by atoms with E-state index in [1.54, 1.807) is 0 Å². The second kappa shape index (κ2) is 5.37. The first-order chi connectivity index (χ1) is 8.98. The minimum Gasteiger partial charge on any atom is -0.377 e. The highest BCUT2D eigenvalue weighted by molar-refractivity contribution is 7.89. The minimum atomic E-state index is -3.65. The number of hydrogen-bond donors (Lipinski definition) is 1. The molecule has 19 heavy (non-hydrogen) atoms. The van der Waals surface area contributed by atoms with Gasteiger partial charge >= 0.3 is 0 Å². The van der Waals surface area contributed by atoms with E-state index < -0.39 is 10.0 Å². The first-order valence-electron chi connectivity index (χ1n) is 5.62. The van der Waals surface area contributed by atoms with E-state index in [2.05, 4.69) is 9.97 Å². The fraction of sp³-hybridized carbons (Fsp3) is 0.600. The van der Waals surface area contributed by atoms with Crippen molar-refractivity contribution in [2.45, 2.75) is 17.1 Å². The van der Waals surface area contributed by atoms with Crippen molar-refractivity contribution < 1.29 is 17.9 Å². The Morgan fingerprint density at radius 2 is 1.68 bits per heavy atom. The minimum absolute atomic E-state index is 0.00769. The smallest absolute Gasteiger partial charge is 0.246 e. The van der Waals surface area contributed by atoms with Gasteiger partial charge in [-0.3, -0.25) is 0 Å². The Morgan fingerprint density at radius 3 is 2.11 bits per heavy atom. The van der Waals surface area contributed by atoms with Crippen LogP contribution in [0.25, 0.3) is 0 Å². The predicted octanol–water partition coefficient (Wildman–Crippen LogP) is -0.907. The van der Waals surface area contributed by atoms with Crippen LogP contribution in [0, 0.1) is 0 Å². The van der Waals surface area contributed by atoms with Crippen LogP contribution in [0.1, 0.15) is 0 Å². The highest BCUT2D eigenvalue weighted by Gasteiger charge is 2.40. The Kier molecular flexibility index (Phi) is 3.99. The lowest BCUT2D eigenvalue weighted by molar-refractivity contribution is -0.00461. The van der Waals surface area contributed by atoms with Gasteiger partial charge in [0.25, 0.3) is 0 Å². The van der Waals surface area contributed by atoms with Crippen molar-refractivity contribution in [3.8, 4) is 0 Å². The molecule has 2 unspecified atom stereocenters. The molecular formula is C10H16N4O4S. The molecule has 1 aromatic rings. The number of nitrogens with two attached hydrogens (primary N) is 1. The summed E-state index contributed by atoms with van der Waals surface area (Å²) in [4.78, 5) is 7.39. The van der Waals surface area contributed by atoms with Gasteiger partial charge in [0.15, 0.2) is 0 Å². The van der Waals surface area contributed by atoms with Gasteiger partial charge in [0.05, 0.1) is 24.6 Å². The summed E-state index contributed by atoms with van der Waals surface area (Å²) in [5.74, 6) is 0.0323. The van der Waals surface area contributed by atoms with Gasteiger partial charge in [0.1, 0.15) is 4.90 Å². The third kappa shape index (κ3) is 2.68. The molecule has 0 aliphatic carbocycles. The van der Waals surface area contributed by atoms with Gasteiger partial charge in [-0.05, 0) is 0 Å². The van der Waals surface area contributed by atoms with Crippen LogP contribution in [0.15, 0.2) is 17.3 Å². The second-order valence-corrected chi connectivity index (χ2v) is 6.09. The normalized spacial score (nSPS) is 24.7. The third-order valence-electron chi connectivity index (χ3n) is 3.07. The predicted molar refractivity (Wildman–Crippen MR) is 66.8 cm³/mol. The standard InChI is InChI=1S/C10H16N4O4S/c1-17-8-5-14(6-9(8)18-2)19(15,16)7-3-12-10(11)13-4-7/h3-4,8-9H,5-6H2,1-2H3,(H2,11,12,13). The molecule has 0 saturated carbocycles. The molecule has 106 valence electrons. The fourth-order valence-corrected chi connectivity index (χ4v) is 3.32. The number of sulfonamides is 1. The second-order valence-electron chi connectivity index (χ2n) is 4.15. The third-order valence-corrected chi connectivity index (χ3v) is 4.86. The summed E-state index contributed by atoms with van der Waals surface area (Å²) in [6, 6.07) is 0. The van der Waals surface area contributed by atoms with E-state index in [0.717, 1.165) is 0 Å². The quantitative estimate of drug-likeness (QED) is 0.764. The van der Waals surface area contributed by atoms with Crippen LogP contribution < -0.4 is 5.73 Å². The van der Waals surface area contributed by atoms with Crippen LogP contribution in [0.2, 0.25) is 0 Å². The summed E-state index contributed by atoms with van der Waals surface area (Å²) >= 11 is 0. The van der Waals surface area contributed by atoms with E-state index in [0.29, 0.717) is 0 Å². The van der Waals surface area contributed by atoms with Gasteiger partial charge in [-0.2, -0.15) is 4.31 Å². The highest BCUT2D eigenvalue weighted by Crippen LogP contribution is 2.23. The molecule has 1 aliphatic heterocycles. The van der Waals surface area contributed by atoms with E-state index in [-0.39, 0.29) is 36.1 Å². The largest absolute Gasteiger partial charge is 0.377 e. The van der Waals surface area contributed by atoms with E-state index in [1.165, 1.54) is 30.9 Å². The summed E-state index contributed by atoms with van der Waals surface area (Å²) in [7, 11) is -0.595. The number of ether oxygens (including phenoxy) is 2. The number of nitrogen functional groups attached to an aromatic ring is 1. The molecule has 2 atom stereocenters. The van der Waals surface area contributed by atoms with E-state index in [4.69, 9.17) is 15.2 Å². The summed E-state index contributed by atoms with van der Waals surface area (Å²) in [5.41, 5.74) is 5.34. The molecule has 1 fully saturated rings. The molecule has 0 aromatic carbocycles. The molecule has 0 amide bonds.